The number of benzene rings is 1. The molecule has 0 bridgehead atoms. The van der Waals surface area contributed by atoms with E-state index in [4.69, 9.17) is 10.5 Å². The molecule has 8 nitrogen and oxygen atoms in total. The minimum absolute atomic E-state index is 0.00918. The first-order valence-electron chi connectivity index (χ1n) is 12.1. The van der Waals surface area contributed by atoms with Gasteiger partial charge >= 0.3 is 0 Å². The molecule has 8 heteroatoms. The van der Waals surface area contributed by atoms with E-state index in [1.54, 1.807) is 4.90 Å². The minimum atomic E-state index is -0.869. The summed E-state index contributed by atoms with van der Waals surface area (Å²) in [4.78, 5) is 41.1. The van der Waals surface area contributed by atoms with E-state index < -0.39 is 5.54 Å². The molecular formula is C26H34N4O4. The highest BCUT2D eigenvalue weighted by atomic mass is 16.5. The summed E-state index contributed by atoms with van der Waals surface area (Å²) in [5.74, 6) is -0.390. The largest absolute Gasteiger partial charge is 0.483 e. The molecule has 0 radical (unpaired) electrons. The third-order valence-corrected chi connectivity index (χ3v) is 6.86. The zero-order valence-electron chi connectivity index (χ0n) is 20.0. The second-order valence-corrected chi connectivity index (χ2v) is 9.60. The highest BCUT2D eigenvalue weighted by molar-refractivity contribution is 5.96. The average Bonchev–Trinajstić information content (AvgIpc) is 2.83. The van der Waals surface area contributed by atoms with Gasteiger partial charge in [0.1, 0.15) is 6.61 Å². The number of carbonyl (C=O) groups is 2. The number of nitrogens with one attached hydrogen (secondary N) is 1. The molecule has 2 aliphatic rings. The van der Waals surface area contributed by atoms with Crippen molar-refractivity contribution in [3.63, 3.8) is 0 Å². The predicted molar refractivity (Wildman–Crippen MR) is 129 cm³/mol. The molecule has 0 unspecified atom stereocenters. The summed E-state index contributed by atoms with van der Waals surface area (Å²) in [5, 5.41) is 2.92. The fourth-order valence-corrected chi connectivity index (χ4v) is 4.86. The summed E-state index contributed by atoms with van der Waals surface area (Å²) < 4.78 is 7.74. The molecule has 0 saturated heterocycles. The van der Waals surface area contributed by atoms with Crippen LogP contribution >= 0.6 is 0 Å². The number of carbonyl (C=O) groups excluding carboxylic acids is 2. The van der Waals surface area contributed by atoms with Crippen molar-refractivity contribution in [3.8, 4) is 5.75 Å². The van der Waals surface area contributed by atoms with Gasteiger partial charge in [-0.1, -0.05) is 49.6 Å². The molecule has 182 valence electrons. The van der Waals surface area contributed by atoms with Crippen LogP contribution in [0.4, 0.5) is 0 Å². The second kappa shape index (κ2) is 10.0. The topological polar surface area (TPSA) is 107 Å². The van der Waals surface area contributed by atoms with Crippen molar-refractivity contribution in [1.29, 1.82) is 0 Å². The molecule has 1 aliphatic heterocycles. The van der Waals surface area contributed by atoms with E-state index in [9.17, 15) is 14.4 Å². The number of pyridine rings is 1. The van der Waals surface area contributed by atoms with Gasteiger partial charge in [0.05, 0.1) is 12.1 Å². The van der Waals surface area contributed by atoms with Crippen molar-refractivity contribution in [2.75, 3.05) is 6.54 Å². The molecule has 1 aliphatic carbocycles. The number of ether oxygens (including phenoxy) is 1. The van der Waals surface area contributed by atoms with E-state index >= 15 is 0 Å². The van der Waals surface area contributed by atoms with Crippen LogP contribution in [0.25, 0.3) is 0 Å². The Morgan fingerprint density at radius 1 is 1.12 bits per heavy atom. The molecule has 2 amide bonds. The van der Waals surface area contributed by atoms with E-state index in [1.807, 2.05) is 48.7 Å². The number of aromatic nitrogens is 1. The summed E-state index contributed by atoms with van der Waals surface area (Å²) in [5.41, 5.74) is 6.85. The third kappa shape index (κ3) is 4.87. The van der Waals surface area contributed by atoms with Crippen LogP contribution < -0.4 is 21.2 Å². The third-order valence-electron chi connectivity index (χ3n) is 6.86. The van der Waals surface area contributed by atoms with Crippen molar-refractivity contribution in [2.45, 2.75) is 77.2 Å². The Bertz CT molecular complexity index is 1100. The van der Waals surface area contributed by atoms with Gasteiger partial charge in [-0.05, 0) is 32.3 Å². The van der Waals surface area contributed by atoms with Gasteiger partial charge in [-0.25, -0.2) is 0 Å². The lowest BCUT2D eigenvalue weighted by Crippen LogP contribution is -2.55. The van der Waals surface area contributed by atoms with Crippen molar-refractivity contribution < 1.29 is 14.3 Å². The molecule has 2 aromatic rings. The molecule has 0 spiro atoms. The molecule has 1 fully saturated rings. The van der Waals surface area contributed by atoms with Gasteiger partial charge in [-0.15, -0.1) is 0 Å². The van der Waals surface area contributed by atoms with Crippen molar-refractivity contribution in [1.82, 2.24) is 14.8 Å². The van der Waals surface area contributed by atoms with Gasteiger partial charge in [-0.3, -0.25) is 14.4 Å². The SMILES string of the molecule is CC(C)N1CCn2c(CNC(=O)C3(N)CCCCC3)cc(=O)c(OCc3ccccc3)c2C1=O. The fourth-order valence-electron chi connectivity index (χ4n) is 4.86. The lowest BCUT2D eigenvalue weighted by molar-refractivity contribution is -0.127. The molecular weight excluding hydrogens is 432 g/mol. The lowest BCUT2D eigenvalue weighted by atomic mass is 9.82. The Balaban J connectivity index is 1.63. The van der Waals surface area contributed by atoms with E-state index in [0.717, 1.165) is 24.8 Å². The molecule has 2 heterocycles. The Hall–Kier alpha value is -3.13. The monoisotopic (exact) mass is 466 g/mol. The van der Waals surface area contributed by atoms with Crippen LogP contribution in [-0.4, -0.2) is 39.4 Å². The number of rotatable bonds is 7. The van der Waals surface area contributed by atoms with E-state index in [-0.39, 0.29) is 47.9 Å². The van der Waals surface area contributed by atoms with Crippen LogP contribution in [0.1, 0.15) is 67.7 Å². The van der Waals surface area contributed by atoms with Gasteiger partial charge in [0, 0.05) is 30.9 Å². The zero-order chi connectivity index (χ0) is 24.3. The quantitative estimate of drug-likeness (QED) is 0.652. The van der Waals surface area contributed by atoms with Crippen molar-refractivity contribution in [3.05, 3.63) is 63.6 Å². The Kier molecular flexibility index (Phi) is 7.07. The smallest absolute Gasteiger partial charge is 0.274 e. The first-order valence-corrected chi connectivity index (χ1v) is 12.1. The van der Waals surface area contributed by atoms with Crippen LogP contribution in [0.5, 0.6) is 5.75 Å². The fraction of sp³-hybridized carbons (Fsp3) is 0.500. The Labute approximate surface area is 200 Å². The van der Waals surface area contributed by atoms with Crippen molar-refractivity contribution >= 4 is 11.8 Å². The van der Waals surface area contributed by atoms with Crippen LogP contribution in [0.3, 0.4) is 0 Å². The number of amides is 2. The Morgan fingerprint density at radius 2 is 1.82 bits per heavy atom. The standard InChI is InChI=1S/C26H34N4O4/c1-18(2)29-13-14-30-20(16-28-25(33)26(27)11-7-4-8-12-26)15-21(31)23(22(30)24(29)32)34-17-19-9-5-3-6-10-19/h3,5-6,9-10,15,18H,4,7-8,11-14,16-17,27H2,1-2H3,(H,28,33). The van der Waals surface area contributed by atoms with Crippen LogP contribution in [-0.2, 0) is 24.5 Å². The average molecular weight is 467 g/mol. The van der Waals surface area contributed by atoms with Crippen molar-refractivity contribution in [2.24, 2.45) is 5.73 Å². The first kappa shape index (κ1) is 24.0. The van der Waals surface area contributed by atoms with E-state index in [0.29, 0.717) is 31.6 Å². The maximum absolute atomic E-state index is 13.4. The van der Waals surface area contributed by atoms with E-state index in [2.05, 4.69) is 5.32 Å². The number of hydrogen-bond donors (Lipinski definition) is 2. The van der Waals surface area contributed by atoms with Gasteiger partial charge in [0.25, 0.3) is 5.91 Å². The summed E-state index contributed by atoms with van der Waals surface area (Å²) in [6.07, 6.45) is 4.28. The number of fused-ring (bicyclic) bond motifs is 1. The summed E-state index contributed by atoms with van der Waals surface area (Å²) in [6.45, 7) is 5.25. The van der Waals surface area contributed by atoms with E-state index in [1.165, 1.54) is 6.07 Å². The van der Waals surface area contributed by atoms with Crippen LogP contribution in [0.2, 0.25) is 0 Å². The highest BCUT2D eigenvalue weighted by Gasteiger charge is 2.36. The maximum Gasteiger partial charge on any atom is 0.274 e. The number of nitrogens with two attached hydrogens (primary N) is 1. The number of nitrogens with zero attached hydrogens (tertiary/aromatic N) is 2. The lowest BCUT2D eigenvalue weighted by Gasteiger charge is -2.35. The molecule has 3 N–H and O–H groups in total. The highest BCUT2D eigenvalue weighted by Crippen LogP contribution is 2.27. The molecule has 0 atom stereocenters. The first-order chi connectivity index (χ1) is 16.3. The van der Waals surface area contributed by atoms with Gasteiger partial charge in [0.15, 0.2) is 11.4 Å². The molecule has 1 aromatic heterocycles. The summed E-state index contributed by atoms with van der Waals surface area (Å²) in [7, 11) is 0. The molecule has 34 heavy (non-hydrogen) atoms. The maximum atomic E-state index is 13.4. The zero-order valence-corrected chi connectivity index (χ0v) is 20.0. The van der Waals surface area contributed by atoms with Crippen LogP contribution in [0, 0.1) is 0 Å². The molecule has 1 saturated carbocycles. The summed E-state index contributed by atoms with van der Waals surface area (Å²) >= 11 is 0. The number of hydrogen-bond acceptors (Lipinski definition) is 5. The summed E-state index contributed by atoms with van der Waals surface area (Å²) in [6, 6.07) is 11.0. The normalized spacial score (nSPS) is 17.4. The van der Waals surface area contributed by atoms with Gasteiger partial charge in [-0.2, -0.15) is 0 Å². The molecule has 1 aromatic carbocycles. The second-order valence-electron chi connectivity index (χ2n) is 9.60. The molecule has 4 rings (SSSR count). The van der Waals surface area contributed by atoms with Crippen LogP contribution in [0.15, 0.2) is 41.2 Å². The Morgan fingerprint density at radius 3 is 2.50 bits per heavy atom. The van der Waals surface area contributed by atoms with Gasteiger partial charge < -0.3 is 25.3 Å². The van der Waals surface area contributed by atoms with Gasteiger partial charge in [0.2, 0.25) is 11.3 Å². The predicted octanol–water partition coefficient (Wildman–Crippen LogP) is 2.57. The minimum Gasteiger partial charge on any atom is -0.483 e.